The quantitative estimate of drug-likeness (QED) is 0.877. The van der Waals surface area contributed by atoms with Crippen molar-refractivity contribution < 1.29 is 4.79 Å². The molecule has 1 aromatic rings. The van der Waals surface area contributed by atoms with Crippen LogP contribution in [0.3, 0.4) is 0 Å². The molecule has 80 valence electrons. The Morgan fingerprint density at radius 3 is 2.73 bits per heavy atom. The second-order valence-electron chi connectivity index (χ2n) is 4.26. The zero-order valence-electron chi connectivity index (χ0n) is 8.88. The predicted octanol–water partition coefficient (Wildman–Crippen LogP) is 2.90. The van der Waals surface area contributed by atoms with E-state index in [2.05, 4.69) is 28.2 Å². The topological polar surface area (TPSA) is 29.1 Å². The molecule has 1 saturated carbocycles. The molecule has 1 amide bonds. The van der Waals surface area contributed by atoms with Crippen LogP contribution in [0.5, 0.6) is 0 Å². The van der Waals surface area contributed by atoms with E-state index in [0.29, 0.717) is 12.0 Å². The van der Waals surface area contributed by atoms with Gasteiger partial charge in [-0.1, -0.05) is 22.9 Å². The SMILES string of the molecule is Cc1cc(C(=O)NC2CC2C)ccc1Br. The fourth-order valence-electron chi connectivity index (χ4n) is 1.56. The highest BCUT2D eigenvalue weighted by Gasteiger charge is 2.33. The highest BCUT2D eigenvalue weighted by molar-refractivity contribution is 9.10. The summed E-state index contributed by atoms with van der Waals surface area (Å²) < 4.78 is 1.04. The minimum atomic E-state index is 0.0416. The van der Waals surface area contributed by atoms with E-state index in [0.717, 1.165) is 22.0 Å². The third-order valence-electron chi connectivity index (χ3n) is 2.85. The maximum Gasteiger partial charge on any atom is 0.251 e. The Balaban J connectivity index is 2.08. The summed E-state index contributed by atoms with van der Waals surface area (Å²) in [6.45, 7) is 4.14. The molecule has 1 aliphatic carbocycles. The molecule has 0 radical (unpaired) electrons. The molecule has 3 heteroatoms. The molecule has 2 rings (SSSR count). The Kier molecular flexibility index (Phi) is 2.83. The number of carbonyl (C=O) groups is 1. The monoisotopic (exact) mass is 267 g/mol. The molecule has 2 nitrogen and oxygen atoms in total. The molecule has 1 aliphatic rings. The zero-order chi connectivity index (χ0) is 11.0. The van der Waals surface area contributed by atoms with Gasteiger partial charge in [0.25, 0.3) is 5.91 Å². The standard InChI is InChI=1S/C12H14BrNO/c1-7-5-9(3-4-10(7)13)12(15)14-11-6-8(11)2/h3-5,8,11H,6H2,1-2H3,(H,14,15). The van der Waals surface area contributed by atoms with E-state index in [9.17, 15) is 4.79 Å². The number of rotatable bonds is 2. The smallest absolute Gasteiger partial charge is 0.251 e. The number of carbonyl (C=O) groups excluding carboxylic acids is 1. The molecule has 0 bridgehead atoms. The first-order valence-corrected chi connectivity index (χ1v) is 5.94. The lowest BCUT2D eigenvalue weighted by Crippen LogP contribution is -2.26. The fourth-order valence-corrected chi connectivity index (χ4v) is 1.81. The van der Waals surface area contributed by atoms with E-state index in [1.54, 1.807) is 0 Å². The summed E-state index contributed by atoms with van der Waals surface area (Å²) in [6.07, 6.45) is 1.11. The van der Waals surface area contributed by atoms with Gasteiger partial charge in [0.05, 0.1) is 0 Å². The molecule has 1 N–H and O–H groups in total. The first kappa shape index (κ1) is 10.7. The minimum Gasteiger partial charge on any atom is -0.349 e. The van der Waals surface area contributed by atoms with Crippen LogP contribution in [0, 0.1) is 12.8 Å². The molecule has 0 spiro atoms. The van der Waals surface area contributed by atoms with Gasteiger partial charge >= 0.3 is 0 Å². The lowest BCUT2D eigenvalue weighted by Gasteiger charge is -2.05. The fraction of sp³-hybridized carbons (Fsp3) is 0.417. The Morgan fingerprint density at radius 2 is 2.20 bits per heavy atom. The van der Waals surface area contributed by atoms with Crippen molar-refractivity contribution in [2.45, 2.75) is 26.3 Å². The molecule has 1 fully saturated rings. The van der Waals surface area contributed by atoms with Crippen molar-refractivity contribution in [1.82, 2.24) is 5.32 Å². The first-order valence-electron chi connectivity index (χ1n) is 5.15. The Hall–Kier alpha value is -0.830. The van der Waals surface area contributed by atoms with Crippen LogP contribution in [0.25, 0.3) is 0 Å². The maximum absolute atomic E-state index is 11.8. The Labute approximate surface area is 98.2 Å². The average molecular weight is 268 g/mol. The highest BCUT2D eigenvalue weighted by Crippen LogP contribution is 2.29. The molecular formula is C12H14BrNO. The van der Waals surface area contributed by atoms with Crippen molar-refractivity contribution in [2.24, 2.45) is 5.92 Å². The van der Waals surface area contributed by atoms with Crippen LogP contribution < -0.4 is 5.32 Å². The minimum absolute atomic E-state index is 0.0416. The van der Waals surface area contributed by atoms with E-state index in [-0.39, 0.29) is 5.91 Å². The zero-order valence-corrected chi connectivity index (χ0v) is 10.5. The third kappa shape index (κ3) is 2.40. The Morgan fingerprint density at radius 1 is 1.53 bits per heavy atom. The molecule has 0 aliphatic heterocycles. The van der Waals surface area contributed by atoms with Crippen LogP contribution in [0.1, 0.15) is 29.3 Å². The normalized spacial score (nSPS) is 23.7. The predicted molar refractivity (Wildman–Crippen MR) is 63.9 cm³/mol. The third-order valence-corrected chi connectivity index (χ3v) is 3.74. The van der Waals surface area contributed by atoms with Crippen molar-refractivity contribution >= 4 is 21.8 Å². The van der Waals surface area contributed by atoms with E-state index in [4.69, 9.17) is 0 Å². The van der Waals surface area contributed by atoms with Crippen molar-refractivity contribution in [3.8, 4) is 0 Å². The van der Waals surface area contributed by atoms with E-state index in [1.807, 2.05) is 25.1 Å². The van der Waals surface area contributed by atoms with Gasteiger partial charge in [0.2, 0.25) is 0 Å². The number of benzene rings is 1. The van der Waals surface area contributed by atoms with Crippen LogP contribution in [0.2, 0.25) is 0 Å². The van der Waals surface area contributed by atoms with Gasteiger partial charge in [0.1, 0.15) is 0 Å². The number of nitrogens with one attached hydrogen (secondary N) is 1. The summed E-state index contributed by atoms with van der Waals surface area (Å²) in [6, 6.07) is 6.06. The number of amides is 1. The van der Waals surface area contributed by atoms with E-state index >= 15 is 0 Å². The van der Waals surface area contributed by atoms with E-state index in [1.165, 1.54) is 0 Å². The van der Waals surface area contributed by atoms with Crippen molar-refractivity contribution in [2.75, 3.05) is 0 Å². The van der Waals surface area contributed by atoms with E-state index < -0.39 is 0 Å². The molecule has 0 heterocycles. The maximum atomic E-state index is 11.8. The van der Waals surface area contributed by atoms with Gasteiger partial charge in [-0.15, -0.1) is 0 Å². The van der Waals surface area contributed by atoms with Crippen LogP contribution >= 0.6 is 15.9 Å². The van der Waals surface area contributed by atoms with Gasteiger partial charge < -0.3 is 5.32 Å². The molecular weight excluding hydrogens is 254 g/mol. The number of hydrogen-bond acceptors (Lipinski definition) is 1. The van der Waals surface area contributed by atoms with Gasteiger partial charge in [-0.3, -0.25) is 4.79 Å². The number of aryl methyl sites for hydroxylation is 1. The number of halogens is 1. The molecule has 0 aromatic heterocycles. The molecule has 2 unspecified atom stereocenters. The van der Waals surface area contributed by atoms with Gasteiger partial charge in [0.15, 0.2) is 0 Å². The van der Waals surface area contributed by atoms with Crippen molar-refractivity contribution in [1.29, 1.82) is 0 Å². The molecule has 0 saturated heterocycles. The average Bonchev–Trinajstić information content (AvgIpc) is 2.86. The highest BCUT2D eigenvalue weighted by atomic mass is 79.9. The van der Waals surface area contributed by atoms with Crippen LogP contribution in [-0.4, -0.2) is 11.9 Å². The van der Waals surface area contributed by atoms with Crippen molar-refractivity contribution in [3.63, 3.8) is 0 Å². The summed E-state index contributed by atoms with van der Waals surface area (Å²) >= 11 is 3.42. The molecule has 1 aromatic carbocycles. The molecule has 15 heavy (non-hydrogen) atoms. The van der Waals surface area contributed by atoms with Gasteiger partial charge in [-0.2, -0.15) is 0 Å². The Bertz CT molecular complexity index is 403. The van der Waals surface area contributed by atoms with Crippen LogP contribution in [0.4, 0.5) is 0 Å². The first-order chi connectivity index (χ1) is 7.08. The second-order valence-corrected chi connectivity index (χ2v) is 5.11. The molecule has 2 atom stereocenters. The summed E-state index contributed by atoms with van der Waals surface area (Å²) in [5.41, 5.74) is 1.83. The summed E-state index contributed by atoms with van der Waals surface area (Å²) in [7, 11) is 0. The van der Waals surface area contributed by atoms with Crippen LogP contribution in [-0.2, 0) is 0 Å². The lowest BCUT2D eigenvalue weighted by molar-refractivity contribution is 0.0949. The summed E-state index contributed by atoms with van der Waals surface area (Å²) in [4.78, 5) is 11.8. The largest absolute Gasteiger partial charge is 0.349 e. The number of hydrogen-bond donors (Lipinski definition) is 1. The lowest BCUT2D eigenvalue weighted by atomic mass is 10.1. The van der Waals surface area contributed by atoms with Gasteiger partial charge in [-0.05, 0) is 43.0 Å². The second kappa shape index (κ2) is 3.97. The summed E-state index contributed by atoms with van der Waals surface area (Å²) in [5, 5.41) is 3.01. The van der Waals surface area contributed by atoms with Gasteiger partial charge in [-0.25, -0.2) is 0 Å². The van der Waals surface area contributed by atoms with Gasteiger partial charge in [0, 0.05) is 16.1 Å². The summed E-state index contributed by atoms with van der Waals surface area (Å²) in [5.74, 6) is 0.686. The van der Waals surface area contributed by atoms with Crippen molar-refractivity contribution in [3.05, 3.63) is 33.8 Å². The van der Waals surface area contributed by atoms with Crippen LogP contribution in [0.15, 0.2) is 22.7 Å².